The molecule has 0 radical (unpaired) electrons. The summed E-state index contributed by atoms with van der Waals surface area (Å²) in [7, 11) is 0. The van der Waals surface area contributed by atoms with Gasteiger partial charge in [0.15, 0.2) is 5.82 Å². The Morgan fingerprint density at radius 2 is 2.00 bits per heavy atom. The summed E-state index contributed by atoms with van der Waals surface area (Å²) >= 11 is 1.71. The lowest BCUT2D eigenvalue weighted by Crippen LogP contribution is -2.05. The number of nitrogens with one attached hydrogen (secondary N) is 1. The lowest BCUT2D eigenvalue weighted by Gasteiger charge is -2.05. The molecule has 1 N–H and O–H groups in total. The highest BCUT2D eigenvalue weighted by Gasteiger charge is 2.09. The maximum Gasteiger partial charge on any atom is 0.226 e. The van der Waals surface area contributed by atoms with Crippen LogP contribution in [0.15, 0.2) is 21.7 Å². The monoisotopic (exact) mass is 321 g/mol. The molecule has 0 bridgehead atoms. The highest BCUT2D eigenvalue weighted by Crippen LogP contribution is 2.20. The van der Waals surface area contributed by atoms with Gasteiger partial charge in [-0.2, -0.15) is 4.98 Å². The van der Waals surface area contributed by atoms with E-state index in [-0.39, 0.29) is 0 Å². The van der Waals surface area contributed by atoms with E-state index in [0.717, 1.165) is 36.1 Å². The Morgan fingerprint density at radius 3 is 2.59 bits per heavy atom. The average Bonchev–Trinajstić information content (AvgIpc) is 2.94. The molecule has 0 amide bonds. The first-order valence-electron chi connectivity index (χ1n) is 7.61. The molecule has 22 heavy (non-hydrogen) atoms. The first-order valence-corrected chi connectivity index (χ1v) is 8.49. The van der Waals surface area contributed by atoms with Crippen LogP contribution in [0.1, 0.15) is 51.7 Å². The Bertz CT molecular complexity index is 568. The standard InChI is InChI=1S/C15H23N5OS/c1-10(2)15-17-13(21-20-15)6-5-9-16-12-7-8-14(19-18-12)22-11(3)4/h7-8,10-11H,5-6,9H2,1-4H3,(H,16,18). The first kappa shape index (κ1) is 16.7. The summed E-state index contributed by atoms with van der Waals surface area (Å²) in [6.07, 6.45) is 1.67. The lowest BCUT2D eigenvalue weighted by atomic mass is 10.2. The van der Waals surface area contributed by atoms with Gasteiger partial charge in [-0.15, -0.1) is 22.0 Å². The summed E-state index contributed by atoms with van der Waals surface area (Å²) in [5, 5.41) is 17.0. The Labute approximate surface area is 135 Å². The molecule has 0 saturated carbocycles. The molecular formula is C15H23N5OS. The van der Waals surface area contributed by atoms with Crippen LogP contribution in [0.3, 0.4) is 0 Å². The van der Waals surface area contributed by atoms with E-state index in [2.05, 4.69) is 53.3 Å². The molecule has 2 heterocycles. The summed E-state index contributed by atoms with van der Waals surface area (Å²) in [5.74, 6) is 2.56. The van der Waals surface area contributed by atoms with Crippen molar-refractivity contribution in [3.63, 3.8) is 0 Å². The number of aryl methyl sites for hydroxylation is 1. The Balaban J connectivity index is 1.71. The van der Waals surface area contributed by atoms with Crippen molar-refractivity contribution in [3.8, 4) is 0 Å². The van der Waals surface area contributed by atoms with Crippen LogP contribution >= 0.6 is 11.8 Å². The molecule has 2 aromatic heterocycles. The van der Waals surface area contributed by atoms with Gasteiger partial charge in [0.2, 0.25) is 5.89 Å². The summed E-state index contributed by atoms with van der Waals surface area (Å²) < 4.78 is 5.21. The predicted molar refractivity (Wildman–Crippen MR) is 88.2 cm³/mol. The molecular weight excluding hydrogens is 298 g/mol. The van der Waals surface area contributed by atoms with E-state index >= 15 is 0 Å². The van der Waals surface area contributed by atoms with E-state index in [1.54, 1.807) is 11.8 Å². The molecule has 0 fully saturated rings. The fourth-order valence-corrected chi connectivity index (χ4v) is 2.50. The topological polar surface area (TPSA) is 76.7 Å². The largest absolute Gasteiger partial charge is 0.369 e. The fraction of sp³-hybridized carbons (Fsp3) is 0.600. The van der Waals surface area contributed by atoms with Gasteiger partial charge in [-0.25, -0.2) is 0 Å². The van der Waals surface area contributed by atoms with Gasteiger partial charge in [0.05, 0.1) is 0 Å². The van der Waals surface area contributed by atoms with Gasteiger partial charge in [0.25, 0.3) is 0 Å². The van der Waals surface area contributed by atoms with Crippen molar-refractivity contribution in [2.45, 2.75) is 56.7 Å². The highest BCUT2D eigenvalue weighted by atomic mass is 32.2. The van der Waals surface area contributed by atoms with Gasteiger partial charge in [0, 0.05) is 24.1 Å². The summed E-state index contributed by atoms with van der Waals surface area (Å²) in [6.45, 7) is 9.18. The zero-order chi connectivity index (χ0) is 15.9. The molecule has 120 valence electrons. The van der Waals surface area contributed by atoms with E-state index in [9.17, 15) is 0 Å². The smallest absolute Gasteiger partial charge is 0.226 e. The number of anilines is 1. The molecule has 0 spiro atoms. The third kappa shape index (κ3) is 5.29. The van der Waals surface area contributed by atoms with Gasteiger partial charge in [-0.3, -0.25) is 0 Å². The van der Waals surface area contributed by atoms with Gasteiger partial charge >= 0.3 is 0 Å². The van der Waals surface area contributed by atoms with Crippen LogP contribution in [0.5, 0.6) is 0 Å². The van der Waals surface area contributed by atoms with E-state index in [4.69, 9.17) is 4.52 Å². The number of nitrogens with zero attached hydrogens (tertiary/aromatic N) is 4. The van der Waals surface area contributed by atoms with Crippen LogP contribution in [0.2, 0.25) is 0 Å². The third-order valence-electron chi connectivity index (χ3n) is 2.87. The molecule has 0 aromatic carbocycles. The molecule has 0 aliphatic rings. The third-order valence-corrected chi connectivity index (χ3v) is 3.80. The van der Waals surface area contributed by atoms with Crippen LogP contribution in [-0.2, 0) is 6.42 Å². The normalized spacial score (nSPS) is 11.4. The van der Waals surface area contributed by atoms with Crippen molar-refractivity contribution >= 4 is 17.6 Å². The molecule has 0 aliphatic carbocycles. The molecule has 6 nitrogen and oxygen atoms in total. The Kier molecular flexibility index (Phi) is 6.18. The van der Waals surface area contributed by atoms with Crippen molar-refractivity contribution < 1.29 is 4.52 Å². The second-order valence-electron chi connectivity index (χ2n) is 5.65. The van der Waals surface area contributed by atoms with E-state index in [0.29, 0.717) is 17.1 Å². The van der Waals surface area contributed by atoms with Crippen molar-refractivity contribution in [3.05, 3.63) is 23.8 Å². The summed E-state index contributed by atoms with van der Waals surface area (Å²) in [5.41, 5.74) is 0. The van der Waals surface area contributed by atoms with E-state index in [1.807, 2.05) is 12.1 Å². The maximum atomic E-state index is 5.21. The minimum atomic E-state index is 0.299. The van der Waals surface area contributed by atoms with Crippen LogP contribution in [0.25, 0.3) is 0 Å². The van der Waals surface area contributed by atoms with Crippen molar-refractivity contribution in [2.75, 3.05) is 11.9 Å². The number of hydrogen-bond donors (Lipinski definition) is 1. The van der Waals surface area contributed by atoms with Crippen LogP contribution in [-0.4, -0.2) is 32.1 Å². The molecule has 2 rings (SSSR count). The van der Waals surface area contributed by atoms with Crippen LogP contribution in [0, 0.1) is 0 Å². The fourth-order valence-electron chi connectivity index (χ4n) is 1.78. The number of thioether (sulfide) groups is 1. The zero-order valence-electron chi connectivity index (χ0n) is 13.5. The van der Waals surface area contributed by atoms with Crippen LogP contribution < -0.4 is 5.32 Å². The van der Waals surface area contributed by atoms with Gasteiger partial charge in [0.1, 0.15) is 10.8 Å². The number of hydrogen-bond acceptors (Lipinski definition) is 7. The van der Waals surface area contributed by atoms with E-state index < -0.39 is 0 Å². The lowest BCUT2D eigenvalue weighted by molar-refractivity contribution is 0.369. The summed E-state index contributed by atoms with van der Waals surface area (Å²) in [6, 6.07) is 3.95. The van der Waals surface area contributed by atoms with Gasteiger partial charge in [-0.05, 0) is 18.6 Å². The first-order chi connectivity index (χ1) is 10.5. The minimum absolute atomic E-state index is 0.299. The minimum Gasteiger partial charge on any atom is -0.369 e. The summed E-state index contributed by atoms with van der Waals surface area (Å²) in [4.78, 5) is 4.36. The van der Waals surface area contributed by atoms with Gasteiger partial charge in [-0.1, -0.05) is 32.9 Å². The molecule has 7 heteroatoms. The predicted octanol–water partition coefficient (Wildman–Crippen LogP) is 3.53. The van der Waals surface area contributed by atoms with E-state index in [1.165, 1.54) is 0 Å². The quantitative estimate of drug-likeness (QED) is 0.588. The second kappa shape index (κ2) is 8.12. The SMILES string of the molecule is CC(C)Sc1ccc(NCCCc2nc(C(C)C)no2)nn1. The number of rotatable bonds is 8. The second-order valence-corrected chi connectivity index (χ2v) is 7.25. The number of aromatic nitrogens is 4. The Morgan fingerprint density at radius 1 is 1.18 bits per heavy atom. The maximum absolute atomic E-state index is 5.21. The molecule has 2 aromatic rings. The Hall–Kier alpha value is -1.63. The highest BCUT2D eigenvalue weighted by molar-refractivity contribution is 7.99. The van der Waals surface area contributed by atoms with Crippen LogP contribution in [0.4, 0.5) is 5.82 Å². The molecule has 0 aliphatic heterocycles. The molecule has 0 atom stereocenters. The van der Waals surface area contributed by atoms with Gasteiger partial charge < -0.3 is 9.84 Å². The van der Waals surface area contributed by atoms with Crippen molar-refractivity contribution in [1.82, 2.24) is 20.3 Å². The average molecular weight is 321 g/mol. The zero-order valence-corrected chi connectivity index (χ0v) is 14.4. The molecule has 0 saturated heterocycles. The van der Waals surface area contributed by atoms with Crippen molar-refractivity contribution in [2.24, 2.45) is 0 Å². The van der Waals surface area contributed by atoms with Crippen molar-refractivity contribution in [1.29, 1.82) is 0 Å². The molecule has 0 unspecified atom stereocenters.